The zero-order chi connectivity index (χ0) is 24.4. The zero-order valence-corrected chi connectivity index (χ0v) is 20.4. The summed E-state index contributed by atoms with van der Waals surface area (Å²) >= 11 is 6.01. The zero-order valence-electron chi connectivity index (χ0n) is 18.8. The number of hydrogen-bond acceptors (Lipinski definition) is 5. The molecule has 35 heavy (non-hydrogen) atoms. The number of aromatic nitrogens is 2. The number of hydrogen-bond donors (Lipinski definition) is 2. The minimum absolute atomic E-state index is 0.0713. The van der Waals surface area contributed by atoms with Crippen LogP contribution in [0.5, 0.6) is 0 Å². The molecular weight excluding hydrogens is 487 g/mol. The molecular formula is C26H24ClFN4O2S. The standard InChI is InChI=1S/C26H24ClFN4O2S/c27-22-8-4-5-9-25(22)35(33,34)32-20-11-12-21(23(28)15-20)17-10-13-24-18(14-17)16-29-26(31-24)30-19-6-2-1-3-7-19/h4-5,8-16,19,32H,1-3,6-7H2,(H,29,30,31). The van der Waals surface area contributed by atoms with Gasteiger partial charge in [0.25, 0.3) is 10.0 Å². The topological polar surface area (TPSA) is 84.0 Å². The highest BCUT2D eigenvalue weighted by Gasteiger charge is 2.19. The molecule has 0 spiro atoms. The summed E-state index contributed by atoms with van der Waals surface area (Å²) in [5.74, 6) is 0.0544. The maximum absolute atomic E-state index is 15.0. The van der Waals surface area contributed by atoms with Gasteiger partial charge < -0.3 is 5.32 Å². The molecule has 5 rings (SSSR count). The van der Waals surface area contributed by atoms with Crippen molar-refractivity contribution in [1.82, 2.24) is 9.97 Å². The predicted octanol–water partition coefficient (Wildman–Crippen LogP) is 6.63. The van der Waals surface area contributed by atoms with Gasteiger partial charge in [-0.1, -0.05) is 49.1 Å². The third-order valence-corrected chi connectivity index (χ3v) is 8.06. The molecule has 1 saturated carbocycles. The highest BCUT2D eigenvalue weighted by atomic mass is 35.5. The molecule has 9 heteroatoms. The third-order valence-electron chi connectivity index (χ3n) is 6.18. The second-order valence-corrected chi connectivity index (χ2v) is 10.7. The smallest absolute Gasteiger partial charge is 0.263 e. The summed E-state index contributed by atoms with van der Waals surface area (Å²) in [6, 6.07) is 16.2. The van der Waals surface area contributed by atoms with Crippen LogP contribution >= 0.6 is 11.6 Å². The van der Waals surface area contributed by atoms with Gasteiger partial charge in [0.2, 0.25) is 5.95 Å². The van der Waals surface area contributed by atoms with Crippen molar-refractivity contribution in [2.75, 3.05) is 10.0 Å². The van der Waals surface area contributed by atoms with E-state index in [4.69, 9.17) is 11.6 Å². The van der Waals surface area contributed by atoms with Crippen LogP contribution in [-0.2, 0) is 10.0 Å². The van der Waals surface area contributed by atoms with E-state index in [0.717, 1.165) is 29.8 Å². The lowest BCUT2D eigenvalue weighted by molar-refractivity contribution is 0.461. The lowest BCUT2D eigenvalue weighted by atomic mass is 9.96. The van der Waals surface area contributed by atoms with Gasteiger partial charge in [0.05, 0.1) is 16.2 Å². The van der Waals surface area contributed by atoms with Crippen LogP contribution < -0.4 is 10.0 Å². The monoisotopic (exact) mass is 510 g/mol. The van der Waals surface area contributed by atoms with E-state index < -0.39 is 15.8 Å². The first-order valence-electron chi connectivity index (χ1n) is 11.5. The Bertz CT molecular complexity index is 1490. The number of anilines is 2. The highest BCUT2D eigenvalue weighted by molar-refractivity contribution is 7.92. The molecule has 4 aromatic rings. The number of sulfonamides is 1. The minimum Gasteiger partial charge on any atom is -0.351 e. The number of halogens is 2. The largest absolute Gasteiger partial charge is 0.351 e. The van der Waals surface area contributed by atoms with E-state index in [1.807, 2.05) is 12.1 Å². The van der Waals surface area contributed by atoms with Crippen LogP contribution in [-0.4, -0.2) is 24.4 Å². The van der Waals surface area contributed by atoms with Gasteiger partial charge in [-0.3, -0.25) is 4.72 Å². The van der Waals surface area contributed by atoms with E-state index in [1.54, 1.807) is 30.5 Å². The maximum Gasteiger partial charge on any atom is 0.263 e. The van der Waals surface area contributed by atoms with Gasteiger partial charge in [0.1, 0.15) is 10.7 Å². The Kier molecular flexibility index (Phi) is 6.58. The molecule has 3 aromatic carbocycles. The molecule has 1 fully saturated rings. The molecule has 0 saturated heterocycles. The number of nitrogens with one attached hydrogen (secondary N) is 2. The molecule has 2 N–H and O–H groups in total. The Balaban J connectivity index is 1.36. The SMILES string of the molecule is O=S(=O)(Nc1ccc(-c2ccc3nc(NC4CCCCC4)ncc3c2)c(F)c1)c1ccccc1Cl. The fraction of sp³-hybridized carbons (Fsp3) is 0.231. The summed E-state index contributed by atoms with van der Waals surface area (Å²) in [5, 5.41) is 4.30. The van der Waals surface area contributed by atoms with E-state index in [9.17, 15) is 8.42 Å². The average Bonchev–Trinajstić information content (AvgIpc) is 2.84. The van der Waals surface area contributed by atoms with Crippen molar-refractivity contribution >= 4 is 44.2 Å². The van der Waals surface area contributed by atoms with Crippen LogP contribution in [0.25, 0.3) is 22.0 Å². The lowest BCUT2D eigenvalue weighted by Gasteiger charge is -2.22. The van der Waals surface area contributed by atoms with Gasteiger partial charge in [0, 0.05) is 23.2 Å². The summed E-state index contributed by atoms with van der Waals surface area (Å²) in [5.41, 5.74) is 1.87. The van der Waals surface area contributed by atoms with E-state index in [-0.39, 0.29) is 15.6 Å². The molecule has 0 radical (unpaired) electrons. The first-order chi connectivity index (χ1) is 16.9. The molecule has 1 aromatic heterocycles. The van der Waals surface area contributed by atoms with Gasteiger partial charge in [-0.15, -0.1) is 0 Å². The van der Waals surface area contributed by atoms with Crippen LogP contribution in [0.3, 0.4) is 0 Å². The van der Waals surface area contributed by atoms with Crippen LogP contribution in [0.15, 0.2) is 71.8 Å². The molecule has 0 amide bonds. The minimum atomic E-state index is -3.95. The predicted molar refractivity (Wildman–Crippen MR) is 138 cm³/mol. The Hall–Kier alpha value is -3.23. The van der Waals surface area contributed by atoms with Crippen molar-refractivity contribution in [3.63, 3.8) is 0 Å². The molecule has 1 aliphatic carbocycles. The van der Waals surface area contributed by atoms with E-state index in [2.05, 4.69) is 20.0 Å². The number of rotatable bonds is 6. The van der Waals surface area contributed by atoms with Crippen molar-refractivity contribution in [2.45, 2.75) is 43.0 Å². The van der Waals surface area contributed by atoms with Gasteiger partial charge in [0.15, 0.2) is 0 Å². The van der Waals surface area contributed by atoms with Gasteiger partial charge in [-0.05, 0) is 60.9 Å². The van der Waals surface area contributed by atoms with Gasteiger partial charge in [-0.25, -0.2) is 22.8 Å². The number of nitrogens with zero attached hydrogens (tertiary/aromatic N) is 2. The molecule has 1 aliphatic rings. The molecule has 1 heterocycles. The van der Waals surface area contributed by atoms with E-state index in [0.29, 0.717) is 23.1 Å². The fourth-order valence-electron chi connectivity index (χ4n) is 4.39. The second-order valence-electron chi connectivity index (χ2n) is 8.68. The van der Waals surface area contributed by atoms with Crippen LogP contribution in [0.2, 0.25) is 5.02 Å². The van der Waals surface area contributed by atoms with Crippen LogP contribution in [0, 0.1) is 5.82 Å². The fourth-order valence-corrected chi connectivity index (χ4v) is 5.96. The molecule has 0 unspecified atom stereocenters. The van der Waals surface area contributed by atoms with Crippen molar-refractivity contribution in [2.24, 2.45) is 0 Å². The average molecular weight is 511 g/mol. The molecule has 0 aliphatic heterocycles. The van der Waals surface area contributed by atoms with Gasteiger partial charge >= 0.3 is 0 Å². The van der Waals surface area contributed by atoms with Crippen LogP contribution in [0.1, 0.15) is 32.1 Å². The summed E-state index contributed by atoms with van der Waals surface area (Å²) in [7, 11) is -3.95. The van der Waals surface area contributed by atoms with Crippen molar-refractivity contribution in [1.29, 1.82) is 0 Å². The Morgan fingerprint density at radius 2 is 1.77 bits per heavy atom. The third kappa shape index (κ3) is 5.23. The highest BCUT2D eigenvalue weighted by Crippen LogP contribution is 2.30. The first-order valence-corrected chi connectivity index (χ1v) is 13.4. The molecule has 0 atom stereocenters. The Labute approximate surface area is 208 Å². The normalized spacial score (nSPS) is 14.7. The Morgan fingerprint density at radius 1 is 0.971 bits per heavy atom. The number of benzene rings is 3. The Morgan fingerprint density at radius 3 is 2.54 bits per heavy atom. The summed E-state index contributed by atoms with van der Waals surface area (Å²) in [4.78, 5) is 8.99. The first kappa shape index (κ1) is 23.5. The lowest BCUT2D eigenvalue weighted by Crippen LogP contribution is -2.23. The maximum atomic E-state index is 15.0. The summed E-state index contributed by atoms with van der Waals surface area (Å²) in [6.45, 7) is 0. The molecule has 0 bridgehead atoms. The van der Waals surface area contributed by atoms with Gasteiger partial charge in [-0.2, -0.15) is 0 Å². The second kappa shape index (κ2) is 9.79. The van der Waals surface area contributed by atoms with E-state index in [1.165, 1.54) is 37.5 Å². The summed E-state index contributed by atoms with van der Waals surface area (Å²) < 4.78 is 42.7. The van der Waals surface area contributed by atoms with Crippen molar-refractivity contribution in [3.05, 3.63) is 77.7 Å². The molecule has 180 valence electrons. The van der Waals surface area contributed by atoms with Crippen molar-refractivity contribution in [3.8, 4) is 11.1 Å². The summed E-state index contributed by atoms with van der Waals surface area (Å²) in [6.07, 6.45) is 7.72. The van der Waals surface area contributed by atoms with Crippen molar-refractivity contribution < 1.29 is 12.8 Å². The van der Waals surface area contributed by atoms with E-state index >= 15 is 4.39 Å². The van der Waals surface area contributed by atoms with Crippen LogP contribution in [0.4, 0.5) is 16.0 Å². The quantitative estimate of drug-likeness (QED) is 0.304. The number of fused-ring (bicyclic) bond motifs is 1. The molecule has 6 nitrogen and oxygen atoms in total.